The third-order valence-corrected chi connectivity index (χ3v) is 5.02. The van der Waals surface area contributed by atoms with Crippen LogP contribution in [0.5, 0.6) is 0 Å². The van der Waals surface area contributed by atoms with Crippen molar-refractivity contribution in [1.82, 2.24) is 10.4 Å². The number of carbonyl (C=O) groups is 2. The molecule has 1 aliphatic heterocycles. The van der Waals surface area contributed by atoms with Crippen LogP contribution < -0.4 is 11.2 Å². The fourth-order valence-electron chi connectivity index (χ4n) is 3.25. The van der Waals surface area contributed by atoms with Gasteiger partial charge in [-0.05, 0) is 16.9 Å². The highest BCUT2D eigenvalue weighted by Crippen LogP contribution is 2.78. The Bertz CT molecular complexity index is 451. The van der Waals surface area contributed by atoms with Crippen LogP contribution in [0.25, 0.3) is 0 Å². The Morgan fingerprint density at radius 1 is 1.33 bits per heavy atom. The normalized spacial score (nSPS) is 26.2. The van der Waals surface area contributed by atoms with E-state index in [2.05, 4.69) is 5.43 Å². The molecule has 0 aromatic carbocycles. The molecule has 1 aliphatic carbocycles. The molecule has 1 fully saturated rings. The molecule has 1 heterocycles. The van der Waals surface area contributed by atoms with Gasteiger partial charge in [-0.2, -0.15) is 0 Å². The summed E-state index contributed by atoms with van der Waals surface area (Å²) < 4.78 is 0. The van der Waals surface area contributed by atoms with Crippen molar-refractivity contribution in [3.63, 3.8) is 0 Å². The van der Waals surface area contributed by atoms with E-state index in [4.69, 9.17) is 5.73 Å². The standard InChI is InChI=1S/C12H19N3O3/c1-10(2)11(3,4)12(10,9(17)18)8(16)15-6-5-7(13)14-15/h5,14H,6,13H2,1-4H3,(H,17,18). The highest BCUT2D eigenvalue weighted by Gasteiger charge is 2.86. The van der Waals surface area contributed by atoms with Crippen LogP contribution in [0, 0.1) is 16.2 Å². The summed E-state index contributed by atoms with van der Waals surface area (Å²) in [4.78, 5) is 24.2. The minimum Gasteiger partial charge on any atom is -0.480 e. The van der Waals surface area contributed by atoms with Gasteiger partial charge in [0.25, 0.3) is 5.91 Å². The van der Waals surface area contributed by atoms with E-state index in [0.29, 0.717) is 12.4 Å². The van der Waals surface area contributed by atoms with Crippen LogP contribution >= 0.6 is 0 Å². The van der Waals surface area contributed by atoms with E-state index < -0.39 is 28.1 Å². The van der Waals surface area contributed by atoms with Crippen LogP contribution in [0.1, 0.15) is 27.7 Å². The number of rotatable bonds is 2. The summed E-state index contributed by atoms with van der Waals surface area (Å²) in [6, 6.07) is 0. The largest absolute Gasteiger partial charge is 0.480 e. The summed E-state index contributed by atoms with van der Waals surface area (Å²) >= 11 is 0. The Labute approximate surface area is 106 Å². The number of aliphatic carboxylic acids is 1. The second kappa shape index (κ2) is 3.18. The van der Waals surface area contributed by atoms with Crippen molar-refractivity contribution >= 4 is 11.9 Å². The molecule has 1 saturated carbocycles. The van der Waals surface area contributed by atoms with E-state index in [1.807, 2.05) is 27.7 Å². The number of hydrazine groups is 1. The molecule has 0 radical (unpaired) electrons. The van der Waals surface area contributed by atoms with Gasteiger partial charge in [0.2, 0.25) is 0 Å². The van der Waals surface area contributed by atoms with Crippen molar-refractivity contribution in [3.05, 3.63) is 11.9 Å². The third kappa shape index (κ3) is 1.08. The summed E-state index contributed by atoms with van der Waals surface area (Å²) in [5.41, 5.74) is 5.65. The first-order chi connectivity index (χ1) is 8.10. The molecule has 18 heavy (non-hydrogen) atoms. The number of hydrogen-bond acceptors (Lipinski definition) is 4. The fraction of sp³-hybridized carbons (Fsp3) is 0.667. The van der Waals surface area contributed by atoms with E-state index in [0.717, 1.165) is 0 Å². The highest BCUT2D eigenvalue weighted by atomic mass is 16.4. The van der Waals surface area contributed by atoms with Crippen LogP contribution in [-0.2, 0) is 9.59 Å². The van der Waals surface area contributed by atoms with Crippen LogP contribution in [0.15, 0.2) is 11.9 Å². The minimum absolute atomic E-state index is 0.297. The van der Waals surface area contributed by atoms with Gasteiger partial charge in [-0.25, -0.2) is 0 Å². The maximum atomic E-state index is 12.5. The van der Waals surface area contributed by atoms with Crippen molar-refractivity contribution in [2.24, 2.45) is 22.0 Å². The first kappa shape index (κ1) is 12.7. The zero-order valence-electron chi connectivity index (χ0n) is 11.1. The zero-order chi connectivity index (χ0) is 13.9. The average molecular weight is 253 g/mol. The maximum Gasteiger partial charge on any atom is 0.320 e. The number of carboxylic acid groups (broad SMARTS) is 1. The van der Waals surface area contributed by atoms with Crippen molar-refractivity contribution in [1.29, 1.82) is 0 Å². The zero-order valence-corrected chi connectivity index (χ0v) is 11.1. The summed E-state index contributed by atoms with van der Waals surface area (Å²) in [6.45, 7) is 7.54. The summed E-state index contributed by atoms with van der Waals surface area (Å²) in [6.07, 6.45) is 1.65. The van der Waals surface area contributed by atoms with Gasteiger partial charge >= 0.3 is 5.97 Å². The predicted molar refractivity (Wildman–Crippen MR) is 64.7 cm³/mol. The maximum absolute atomic E-state index is 12.5. The van der Waals surface area contributed by atoms with Gasteiger partial charge in [-0.3, -0.25) is 20.0 Å². The van der Waals surface area contributed by atoms with Gasteiger partial charge in [-0.1, -0.05) is 27.7 Å². The predicted octanol–water partition coefficient (Wildman–Crippen LogP) is 0.270. The average Bonchev–Trinajstić information content (AvgIpc) is 2.54. The third-order valence-electron chi connectivity index (χ3n) is 5.02. The first-order valence-corrected chi connectivity index (χ1v) is 5.88. The number of nitrogens with two attached hydrogens (primary N) is 1. The number of carboxylic acids is 1. The van der Waals surface area contributed by atoms with E-state index >= 15 is 0 Å². The molecule has 6 nitrogen and oxygen atoms in total. The summed E-state index contributed by atoms with van der Waals surface area (Å²) in [7, 11) is 0. The summed E-state index contributed by atoms with van der Waals surface area (Å²) in [5, 5.41) is 10.8. The molecule has 0 bridgehead atoms. The fourth-order valence-corrected chi connectivity index (χ4v) is 3.25. The Morgan fingerprint density at radius 2 is 1.83 bits per heavy atom. The van der Waals surface area contributed by atoms with Crippen molar-refractivity contribution < 1.29 is 14.7 Å². The molecule has 6 heteroatoms. The van der Waals surface area contributed by atoms with Gasteiger partial charge in [0, 0.05) is 0 Å². The molecule has 0 aromatic heterocycles. The quantitative estimate of drug-likeness (QED) is 0.614. The van der Waals surface area contributed by atoms with Crippen LogP contribution in [0.4, 0.5) is 0 Å². The van der Waals surface area contributed by atoms with Gasteiger partial charge in [-0.15, -0.1) is 0 Å². The minimum atomic E-state index is -1.40. The number of amides is 1. The molecule has 0 spiro atoms. The topological polar surface area (TPSA) is 95.7 Å². The lowest BCUT2D eigenvalue weighted by Crippen LogP contribution is -2.48. The second-order valence-electron chi connectivity index (χ2n) is 5.99. The molecular weight excluding hydrogens is 234 g/mol. The first-order valence-electron chi connectivity index (χ1n) is 5.88. The Hall–Kier alpha value is -1.72. The number of nitrogens with zero attached hydrogens (tertiary/aromatic N) is 1. The Morgan fingerprint density at radius 3 is 2.11 bits per heavy atom. The second-order valence-corrected chi connectivity index (χ2v) is 5.99. The number of hydrogen-bond donors (Lipinski definition) is 3. The molecule has 0 unspecified atom stereocenters. The van der Waals surface area contributed by atoms with E-state index in [1.165, 1.54) is 5.01 Å². The molecule has 1 amide bonds. The summed E-state index contributed by atoms with van der Waals surface area (Å²) in [5.74, 6) is -1.13. The van der Waals surface area contributed by atoms with Gasteiger partial charge < -0.3 is 10.8 Å². The van der Waals surface area contributed by atoms with Crippen LogP contribution in [-0.4, -0.2) is 28.5 Å². The lowest BCUT2D eigenvalue weighted by atomic mass is 9.93. The number of nitrogens with one attached hydrogen (secondary N) is 1. The van der Waals surface area contributed by atoms with E-state index in [-0.39, 0.29) is 0 Å². The Kier molecular flexibility index (Phi) is 2.25. The molecule has 4 N–H and O–H groups in total. The van der Waals surface area contributed by atoms with Gasteiger partial charge in [0.05, 0.1) is 6.54 Å². The van der Waals surface area contributed by atoms with Crippen LogP contribution in [0.3, 0.4) is 0 Å². The van der Waals surface area contributed by atoms with Crippen molar-refractivity contribution in [2.75, 3.05) is 6.54 Å². The van der Waals surface area contributed by atoms with Gasteiger partial charge in [0.1, 0.15) is 5.82 Å². The molecule has 0 atom stereocenters. The molecule has 2 rings (SSSR count). The van der Waals surface area contributed by atoms with Crippen molar-refractivity contribution in [2.45, 2.75) is 27.7 Å². The highest BCUT2D eigenvalue weighted by molar-refractivity contribution is 6.08. The molecule has 0 saturated heterocycles. The molecule has 0 aromatic rings. The lowest BCUT2D eigenvalue weighted by Gasteiger charge is -2.24. The van der Waals surface area contributed by atoms with Crippen LogP contribution in [0.2, 0.25) is 0 Å². The SMILES string of the molecule is CC1(C)C(C)(C)C1(C(=O)O)C(=O)N1CC=C(N)N1. The van der Waals surface area contributed by atoms with E-state index in [1.54, 1.807) is 6.08 Å². The molecular formula is C12H19N3O3. The molecule has 2 aliphatic rings. The monoisotopic (exact) mass is 253 g/mol. The van der Waals surface area contributed by atoms with E-state index in [9.17, 15) is 14.7 Å². The molecule has 100 valence electrons. The van der Waals surface area contributed by atoms with Gasteiger partial charge in [0.15, 0.2) is 5.41 Å². The number of carbonyl (C=O) groups excluding carboxylic acids is 1. The smallest absolute Gasteiger partial charge is 0.320 e. The lowest BCUT2D eigenvalue weighted by molar-refractivity contribution is -0.157. The Balaban J connectivity index is 2.36. The van der Waals surface area contributed by atoms with Crippen molar-refractivity contribution in [3.8, 4) is 0 Å².